The van der Waals surface area contributed by atoms with Gasteiger partial charge < -0.3 is 10.0 Å². The third-order valence-corrected chi connectivity index (χ3v) is 5.05. The topological polar surface area (TPSA) is 53.4 Å². The van der Waals surface area contributed by atoms with Crippen LogP contribution in [-0.2, 0) is 23.2 Å². The van der Waals surface area contributed by atoms with Crippen molar-refractivity contribution in [3.05, 3.63) is 59.4 Å². The average Bonchev–Trinajstić information content (AvgIpc) is 2.88. The van der Waals surface area contributed by atoms with E-state index in [-0.39, 0.29) is 36.5 Å². The molecule has 0 saturated heterocycles. The lowest BCUT2D eigenvalue weighted by Crippen LogP contribution is -2.54. The first-order valence-corrected chi connectivity index (χ1v) is 9.14. The number of alkyl halides is 6. The third-order valence-electron chi connectivity index (χ3n) is 5.05. The Morgan fingerprint density at radius 2 is 1.73 bits per heavy atom. The lowest BCUT2D eigenvalue weighted by Gasteiger charge is -2.33. The second kappa shape index (κ2) is 7.90. The molecule has 1 amide bonds. The molecule has 0 aliphatic carbocycles. The van der Waals surface area contributed by atoms with Crippen LogP contribution in [0.25, 0.3) is 0 Å². The number of hydrogen-bond acceptors (Lipinski definition) is 3. The smallest absolute Gasteiger partial charge is 0.369 e. The number of hydrogen-bond donors (Lipinski definition) is 1. The molecule has 3 rings (SSSR count). The van der Waals surface area contributed by atoms with Gasteiger partial charge in [-0.05, 0) is 43.0 Å². The molecule has 162 valence electrons. The van der Waals surface area contributed by atoms with Gasteiger partial charge in [-0.15, -0.1) is 0 Å². The third kappa shape index (κ3) is 4.00. The van der Waals surface area contributed by atoms with Crippen molar-refractivity contribution in [1.82, 2.24) is 4.98 Å². The summed E-state index contributed by atoms with van der Waals surface area (Å²) in [7, 11) is 0. The van der Waals surface area contributed by atoms with E-state index in [0.717, 1.165) is 6.07 Å². The standard InChI is InChI=1S/C20H18F6N2O2/c21-19(22,23)18(30,20(24,25)26)14-7-8-16-13(11-14)5-2-4-10-28(16)17(29)12-15-6-1-3-9-27-15/h1,3,6-9,11,30H,2,4-5,10,12H2. The zero-order valence-corrected chi connectivity index (χ0v) is 15.6. The highest BCUT2D eigenvalue weighted by Gasteiger charge is 2.71. The van der Waals surface area contributed by atoms with Gasteiger partial charge in [-0.1, -0.05) is 18.2 Å². The SMILES string of the molecule is O=C(Cc1ccccn1)N1CCCCc2cc(C(O)(C(F)(F)F)C(F)(F)F)ccc21. The van der Waals surface area contributed by atoms with Gasteiger partial charge >= 0.3 is 12.4 Å². The zero-order chi connectivity index (χ0) is 22.2. The molecule has 10 heteroatoms. The maximum Gasteiger partial charge on any atom is 0.430 e. The minimum Gasteiger partial charge on any atom is -0.369 e. The lowest BCUT2D eigenvalue weighted by molar-refractivity contribution is -0.376. The van der Waals surface area contributed by atoms with Crippen molar-refractivity contribution < 1.29 is 36.2 Å². The summed E-state index contributed by atoms with van der Waals surface area (Å²) in [5.41, 5.74) is -5.44. The molecule has 2 aromatic rings. The summed E-state index contributed by atoms with van der Waals surface area (Å²) in [6.07, 6.45) is -9.28. The molecule has 0 spiro atoms. The molecule has 0 radical (unpaired) electrons. The molecule has 1 aliphatic heterocycles. The Kier molecular flexibility index (Phi) is 5.81. The van der Waals surface area contributed by atoms with Gasteiger partial charge in [0.1, 0.15) is 0 Å². The van der Waals surface area contributed by atoms with Crippen molar-refractivity contribution in [1.29, 1.82) is 0 Å². The molecule has 0 bridgehead atoms. The van der Waals surface area contributed by atoms with Crippen LogP contribution in [0.5, 0.6) is 0 Å². The monoisotopic (exact) mass is 432 g/mol. The van der Waals surface area contributed by atoms with Crippen molar-refractivity contribution >= 4 is 11.6 Å². The number of rotatable bonds is 3. The number of benzene rings is 1. The van der Waals surface area contributed by atoms with E-state index in [2.05, 4.69) is 4.98 Å². The van der Waals surface area contributed by atoms with Crippen LogP contribution in [0.2, 0.25) is 0 Å². The van der Waals surface area contributed by atoms with E-state index >= 15 is 0 Å². The Labute approximate surface area is 168 Å². The predicted octanol–water partition coefficient (Wildman–Crippen LogP) is 4.31. The molecule has 1 aromatic heterocycles. The molecule has 1 aliphatic rings. The minimum absolute atomic E-state index is 0.0585. The van der Waals surface area contributed by atoms with E-state index in [1.165, 1.54) is 11.1 Å². The van der Waals surface area contributed by atoms with Crippen LogP contribution < -0.4 is 4.90 Å². The molecule has 1 aromatic carbocycles. The molecular formula is C20H18F6N2O2. The quantitative estimate of drug-likeness (QED) is 0.736. The number of carbonyl (C=O) groups is 1. The van der Waals surface area contributed by atoms with Gasteiger partial charge in [-0.3, -0.25) is 9.78 Å². The molecule has 1 N–H and O–H groups in total. The first-order valence-electron chi connectivity index (χ1n) is 9.14. The molecule has 0 atom stereocenters. The second-order valence-electron chi connectivity index (χ2n) is 7.05. The van der Waals surface area contributed by atoms with E-state index < -0.39 is 23.5 Å². The second-order valence-corrected chi connectivity index (χ2v) is 7.05. The van der Waals surface area contributed by atoms with Gasteiger partial charge in [-0.25, -0.2) is 0 Å². The summed E-state index contributed by atoms with van der Waals surface area (Å²) >= 11 is 0. The minimum atomic E-state index is -5.96. The fourth-order valence-corrected chi connectivity index (χ4v) is 3.48. The fourth-order valence-electron chi connectivity index (χ4n) is 3.48. The Balaban J connectivity index is 2.00. The molecular weight excluding hydrogens is 414 g/mol. The van der Waals surface area contributed by atoms with Gasteiger partial charge in [0.15, 0.2) is 0 Å². The Hall–Kier alpha value is -2.62. The van der Waals surface area contributed by atoms with Crippen LogP contribution >= 0.6 is 0 Å². The largest absolute Gasteiger partial charge is 0.430 e. The first-order chi connectivity index (χ1) is 13.9. The van der Waals surface area contributed by atoms with Crippen LogP contribution in [0.15, 0.2) is 42.6 Å². The Morgan fingerprint density at radius 3 is 2.33 bits per heavy atom. The van der Waals surface area contributed by atoms with Crippen LogP contribution in [0.1, 0.15) is 29.7 Å². The molecule has 4 nitrogen and oxygen atoms in total. The number of amides is 1. The zero-order valence-electron chi connectivity index (χ0n) is 15.6. The van der Waals surface area contributed by atoms with Crippen LogP contribution in [0.3, 0.4) is 0 Å². The van der Waals surface area contributed by atoms with Crippen LogP contribution in [0.4, 0.5) is 32.0 Å². The summed E-state index contributed by atoms with van der Waals surface area (Å²) in [6, 6.07) is 7.34. The number of halogens is 6. The van der Waals surface area contributed by atoms with Crippen LogP contribution in [-0.4, -0.2) is 34.9 Å². The molecule has 0 saturated carbocycles. The van der Waals surface area contributed by atoms with Gasteiger partial charge in [0.05, 0.1) is 6.42 Å². The highest BCUT2D eigenvalue weighted by atomic mass is 19.4. The van der Waals surface area contributed by atoms with E-state index in [1.807, 2.05) is 0 Å². The Morgan fingerprint density at radius 1 is 1.03 bits per heavy atom. The number of aromatic nitrogens is 1. The maximum absolute atomic E-state index is 13.2. The van der Waals surface area contributed by atoms with Gasteiger partial charge in [0.25, 0.3) is 5.60 Å². The van der Waals surface area contributed by atoms with Crippen molar-refractivity contribution in [2.45, 2.75) is 43.6 Å². The number of anilines is 1. The molecule has 2 heterocycles. The molecule has 0 unspecified atom stereocenters. The first kappa shape index (κ1) is 22.1. The lowest BCUT2D eigenvalue weighted by atomic mass is 9.89. The molecule has 30 heavy (non-hydrogen) atoms. The van der Waals surface area contributed by atoms with Gasteiger partial charge in [0, 0.05) is 29.7 Å². The van der Waals surface area contributed by atoms with E-state index in [0.29, 0.717) is 30.7 Å². The number of pyridine rings is 1. The highest BCUT2D eigenvalue weighted by molar-refractivity contribution is 5.95. The van der Waals surface area contributed by atoms with Gasteiger partial charge in [0.2, 0.25) is 5.91 Å². The normalized spacial score (nSPS) is 15.5. The number of carbonyl (C=O) groups excluding carboxylic acids is 1. The summed E-state index contributed by atoms with van der Waals surface area (Å²) in [5.74, 6) is -0.369. The van der Waals surface area contributed by atoms with Crippen molar-refractivity contribution in [3.63, 3.8) is 0 Å². The highest BCUT2D eigenvalue weighted by Crippen LogP contribution is 2.50. The number of fused-ring (bicyclic) bond motifs is 1. The summed E-state index contributed by atoms with van der Waals surface area (Å²) in [5, 5.41) is 9.66. The summed E-state index contributed by atoms with van der Waals surface area (Å²) in [4.78, 5) is 18.2. The van der Waals surface area contributed by atoms with E-state index in [1.54, 1.807) is 18.2 Å². The van der Waals surface area contributed by atoms with Crippen molar-refractivity contribution in [2.24, 2.45) is 0 Å². The Bertz CT molecular complexity index is 898. The predicted molar refractivity (Wildman–Crippen MR) is 95.7 cm³/mol. The van der Waals surface area contributed by atoms with E-state index in [9.17, 15) is 36.2 Å². The number of nitrogens with zero attached hydrogens (tertiary/aromatic N) is 2. The van der Waals surface area contributed by atoms with Crippen molar-refractivity contribution in [2.75, 3.05) is 11.4 Å². The van der Waals surface area contributed by atoms with Crippen molar-refractivity contribution in [3.8, 4) is 0 Å². The summed E-state index contributed by atoms with van der Waals surface area (Å²) in [6.45, 7) is 0.279. The summed E-state index contributed by atoms with van der Waals surface area (Å²) < 4.78 is 79.2. The number of aliphatic hydroxyl groups is 1. The molecule has 0 fully saturated rings. The van der Waals surface area contributed by atoms with E-state index in [4.69, 9.17) is 0 Å². The average molecular weight is 432 g/mol. The van der Waals surface area contributed by atoms with Crippen LogP contribution in [0, 0.1) is 0 Å². The fraction of sp³-hybridized carbons (Fsp3) is 0.400. The van der Waals surface area contributed by atoms with Gasteiger partial charge in [-0.2, -0.15) is 26.3 Å². The maximum atomic E-state index is 13.2. The number of aryl methyl sites for hydroxylation is 1.